The first-order valence-corrected chi connectivity index (χ1v) is 6.56. The Morgan fingerprint density at radius 2 is 1.81 bits per heavy atom. The largest absolute Gasteiger partial charge is 0.492 e. The molecule has 2 rings (SSSR count). The summed E-state index contributed by atoms with van der Waals surface area (Å²) in [7, 11) is 0. The first-order valence-electron chi connectivity index (χ1n) is 6.56. The van der Waals surface area contributed by atoms with E-state index in [1.165, 1.54) is 12.1 Å². The predicted molar refractivity (Wildman–Crippen MR) is 76.6 cm³/mol. The van der Waals surface area contributed by atoms with Crippen molar-refractivity contribution >= 4 is 5.69 Å². The second-order valence-electron chi connectivity index (χ2n) is 4.64. The summed E-state index contributed by atoms with van der Waals surface area (Å²) in [6.07, 6.45) is -4.36. The minimum atomic E-state index is -4.36. The van der Waals surface area contributed by atoms with E-state index < -0.39 is 11.7 Å². The van der Waals surface area contributed by atoms with Gasteiger partial charge < -0.3 is 10.1 Å². The third-order valence-electron chi connectivity index (χ3n) is 2.91. The smallest absolute Gasteiger partial charge is 0.418 e. The maximum absolute atomic E-state index is 12.8. The predicted octanol–water partition coefficient (Wildman–Crippen LogP) is 4.50. The van der Waals surface area contributed by atoms with Crippen LogP contribution >= 0.6 is 0 Å². The summed E-state index contributed by atoms with van der Waals surface area (Å²) < 4.78 is 43.9. The van der Waals surface area contributed by atoms with E-state index in [4.69, 9.17) is 4.74 Å². The van der Waals surface area contributed by atoms with Gasteiger partial charge >= 0.3 is 6.18 Å². The zero-order valence-corrected chi connectivity index (χ0v) is 11.6. The second-order valence-corrected chi connectivity index (χ2v) is 4.64. The van der Waals surface area contributed by atoms with Gasteiger partial charge in [0.25, 0.3) is 0 Å². The van der Waals surface area contributed by atoms with Crippen LogP contribution in [-0.2, 0) is 6.18 Å². The highest BCUT2D eigenvalue weighted by Crippen LogP contribution is 2.34. The lowest BCUT2D eigenvalue weighted by Crippen LogP contribution is -2.15. The number of hydrogen-bond donors (Lipinski definition) is 1. The van der Waals surface area contributed by atoms with E-state index in [1.807, 2.05) is 31.2 Å². The average molecular weight is 295 g/mol. The SMILES string of the molecule is Cc1cccc(OCCNc2ccccc2C(F)(F)F)c1. The van der Waals surface area contributed by atoms with Gasteiger partial charge in [-0.25, -0.2) is 0 Å². The van der Waals surface area contributed by atoms with Crippen molar-refractivity contribution in [3.05, 3.63) is 59.7 Å². The summed E-state index contributed by atoms with van der Waals surface area (Å²) in [4.78, 5) is 0. The molecule has 0 saturated heterocycles. The molecule has 21 heavy (non-hydrogen) atoms. The van der Waals surface area contributed by atoms with Gasteiger partial charge in [0.1, 0.15) is 12.4 Å². The second kappa shape index (κ2) is 6.52. The molecule has 5 heteroatoms. The Hall–Kier alpha value is -2.17. The lowest BCUT2D eigenvalue weighted by atomic mass is 10.1. The fourth-order valence-corrected chi connectivity index (χ4v) is 1.94. The van der Waals surface area contributed by atoms with Crippen molar-refractivity contribution in [3.63, 3.8) is 0 Å². The molecule has 112 valence electrons. The molecule has 2 aromatic carbocycles. The zero-order chi connectivity index (χ0) is 15.3. The number of alkyl halides is 3. The lowest BCUT2D eigenvalue weighted by molar-refractivity contribution is -0.136. The number of anilines is 1. The van der Waals surface area contributed by atoms with Crippen molar-refractivity contribution < 1.29 is 17.9 Å². The van der Waals surface area contributed by atoms with E-state index in [0.29, 0.717) is 12.3 Å². The molecule has 0 atom stereocenters. The van der Waals surface area contributed by atoms with Crippen LogP contribution in [0.25, 0.3) is 0 Å². The topological polar surface area (TPSA) is 21.3 Å². The van der Waals surface area contributed by atoms with Gasteiger partial charge in [0.05, 0.1) is 5.56 Å². The summed E-state index contributed by atoms with van der Waals surface area (Å²) in [6.45, 7) is 2.53. The highest BCUT2D eigenvalue weighted by Gasteiger charge is 2.32. The first kappa shape index (κ1) is 15.2. The summed E-state index contributed by atoms with van der Waals surface area (Å²) >= 11 is 0. The molecule has 0 saturated carbocycles. The van der Waals surface area contributed by atoms with Crippen LogP contribution in [0.4, 0.5) is 18.9 Å². The van der Waals surface area contributed by atoms with Crippen molar-refractivity contribution in [2.45, 2.75) is 13.1 Å². The normalized spacial score (nSPS) is 11.2. The average Bonchev–Trinajstić information content (AvgIpc) is 2.43. The quantitative estimate of drug-likeness (QED) is 0.820. The van der Waals surface area contributed by atoms with E-state index in [-0.39, 0.29) is 12.3 Å². The summed E-state index contributed by atoms with van der Waals surface area (Å²) in [5.41, 5.74) is 0.473. The summed E-state index contributed by atoms with van der Waals surface area (Å²) in [5.74, 6) is 0.709. The minimum Gasteiger partial charge on any atom is -0.492 e. The number of nitrogens with one attached hydrogen (secondary N) is 1. The molecule has 0 aromatic heterocycles. The van der Waals surface area contributed by atoms with E-state index >= 15 is 0 Å². The number of ether oxygens (including phenoxy) is 1. The van der Waals surface area contributed by atoms with Crippen LogP contribution in [0.3, 0.4) is 0 Å². The van der Waals surface area contributed by atoms with E-state index in [1.54, 1.807) is 6.07 Å². The molecule has 0 bridgehead atoms. The molecular formula is C16H16F3NO. The third-order valence-corrected chi connectivity index (χ3v) is 2.91. The van der Waals surface area contributed by atoms with Crippen LogP contribution in [0.5, 0.6) is 5.75 Å². The molecule has 0 amide bonds. The first-order chi connectivity index (χ1) is 9.97. The van der Waals surface area contributed by atoms with E-state index in [2.05, 4.69) is 5.32 Å². The zero-order valence-electron chi connectivity index (χ0n) is 11.6. The van der Waals surface area contributed by atoms with Gasteiger partial charge in [-0.15, -0.1) is 0 Å². The maximum Gasteiger partial charge on any atom is 0.418 e. The Balaban J connectivity index is 1.90. The minimum absolute atomic E-state index is 0.0674. The standard InChI is InChI=1S/C16H16F3NO/c1-12-5-4-6-13(11-12)21-10-9-20-15-8-3-2-7-14(15)16(17,18)19/h2-8,11,20H,9-10H2,1H3. The van der Waals surface area contributed by atoms with Gasteiger partial charge in [-0.05, 0) is 36.8 Å². The van der Waals surface area contributed by atoms with Crippen molar-refractivity contribution in [3.8, 4) is 5.75 Å². The molecule has 0 unspecified atom stereocenters. The van der Waals surface area contributed by atoms with Crippen LogP contribution in [0.2, 0.25) is 0 Å². The van der Waals surface area contributed by atoms with Crippen LogP contribution in [0.1, 0.15) is 11.1 Å². The Bertz CT molecular complexity index is 596. The third kappa shape index (κ3) is 4.41. The van der Waals surface area contributed by atoms with E-state index in [9.17, 15) is 13.2 Å². The van der Waals surface area contributed by atoms with Gasteiger partial charge in [0, 0.05) is 12.2 Å². The Labute approximate surface area is 121 Å². The van der Waals surface area contributed by atoms with E-state index in [0.717, 1.165) is 11.6 Å². The molecule has 2 aromatic rings. The van der Waals surface area contributed by atoms with Gasteiger partial charge in [0.2, 0.25) is 0 Å². The van der Waals surface area contributed by atoms with Crippen molar-refractivity contribution in [2.24, 2.45) is 0 Å². The molecule has 1 N–H and O–H groups in total. The highest BCUT2D eigenvalue weighted by atomic mass is 19.4. The highest BCUT2D eigenvalue weighted by molar-refractivity contribution is 5.52. The van der Waals surface area contributed by atoms with Gasteiger partial charge in [-0.1, -0.05) is 24.3 Å². The number of rotatable bonds is 5. The molecule has 0 spiro atoms. The Morgan fingerprint density at radius 1 is 1.05 bits per heavy atom. The number of aryl methyl sites for hydroxylation is 1. The molecule has 2 nitrogen and oxygen atoms in total. The Kier molecular flexibility index (Phi) is 4.73. The number of halogens is 3. The van der Waals surface area contributed by atoms with Crippen molar-refractivity contribution in [1.82, 2.24) is 0 Å². The van der Waals surface area contributed by atoms with Crippen LogP contribution in [-0.4, -0.2) is 13.2 Å². The number of para-hydroxylation sites is 1. The van der Waals surface area contributed by atoms with Crippen LogP contribution in [0, 0.1) is 6.92 Å². The van der Waals surface area contributed by atoms with Crippen molar-refractivity contribution in [1.29, 1.82) is 0 Å². The van der Waals surface area contributed by atoms with Gasteiger partial charge in [-0.3, -0.25) is 0 Å². The van der Waals surface area contributed by atoms with Crippen LogP contribution < -0.4 is 10.1 Å². The lowest BCUT2D eigenvalue weighted by Gasteiger charge is -2.14. The van der Waals surface area contributed by atoms with Crippen LogP contribution in [0.15, 0.2) is 48.5 Å². The number of benzene rings is 2. The van der Waals surface area contributed by atoms with Crippen molar-refractivity contribution in [2.75, 3.05) is 18.5 Å². The molecule has 0 radical (unpaired) electrons. The Morgan fingerprint density at radius 3 is 2.52 bits per heavy atom. The molecule has 0 aliphatic rings. The molecule has 0 heterocycles. The monoisotopic (exact) mass is 295 g/mol. The fraction of sp³-hybridized carbons (Fsp3) is 0.250. The number of hydrogen-bond acceptors (Lipinski definition) is 2. The van der Waals surface area contributed by atoms with Gasteiger partial charge in [-0.2, -0.15) is 13.2 Å². The molecule has 0 aliphatic heterocycles. The van der Waals surface area contributed by atoms with Gasteiger partial charge in [0.15, 0.2) is 0 Å². The summed E-state index contributed by atoms with van der Waals surface area (Å²) in [6, 6.07) is 12.9. The fourth-order valence-electron chi connectivity index (χ4n) is 1.94. The maximum atomic E-state index is 12.8. The summed E-state index contributed by atoms with van der Waals surface area (Å²) in [5, 5.41) is 2.76. The molecule has 0 fully saturated rings. The molecule has 0 aliphatic carbocycles. The molecular weight excluding hydrogens is 279 g/mol.